The van der Waals surface area contributed by atoms with Gasteiger partial charge < -0.3 is 0 Å². The Balaban J connectivity index is 1.33. The van der Waals surface area contributed by atoms with Crippen LogP contribution in [-0.2, 0) is 4.79 Å². The lowest BCUT2D eigenvalue weighted by Gasteiger charge is -2.46. The summed E-state index contributed by atoms with van der Waals surface area (Å²) in [6.45, 7) is 0. The molecule has 0 amide bonds. The Labute approximate surface area is 147 Å². The zero-order valence-corrected chi connectivity index (χ0v) is 15.3. The Morgan fingerprint density at radius 3 is 1.62 bits per heavy atom. The summed E-state index contributed by atoms with van der Waals surface area (Å²) >= 11 is 0. The third-order valence-electron chi connectivity index (χ3n) is 10.5. The first kappa shape index (κ1) is 14.8. The lowest BCUT2D eigenvalue weighted by Crippen LogP contribution is -2.44. The molecule has 0 heterocycles. The Bertz CT molecular complexity index is 518. The zero-order valence-electron chi connectivity index (χ0n) is 15.3. The summed E-state index contributed by atoms with van der Waals surface area (Å²) in [5.41, 5.74) is 0.977. The van der Waals surface area contributed by atoms with Crippen LogP contribution in [0.25, 0.3) is 0 Å². The van der Waals surface area contributed by atoms with Gasteiger partial charge in [0, 0.05) is 11.8 Å². The summed E-state index contributed by atoms with van der Waals surface area (Å²) in [6, 6.07) is 0. The standard InChI is InChI=1S/C23H34O/c24-21(19-13-15-7-11-22(19)9-3-1-5-17(15)22)20-14-16-8-12-23(20)10-4-2-6-18(16)23/h15-20H,1-14H2/t15-,16+,17+,18-,19-,20+,22-,23-/m0/s1. The first-order valence-electron chi connectivity index (χ1n) is 11.3. The first-order chi connectivity index (χ1) is 11.7. The second-order valence-electron chi connectivity index (χ2n) is 10.7. The molecule has 24 heavy (non-hydrogen) atoms. The number of Topliss-reactive ketones (excluding diaryl/α,β-unsaturated/α-hetero) is 1. The van der Waals surface area contributed by atoms with E-state index in [1.807, 2.05) is 0 Å². The smallest absolute Gasteiger partial charge is 0.140 e. The van der Waals surface area contributed by atoms with Crippen LogP contribution in [0, 0.1) is 46.3 Å². The molecule has 1 heteroatoms. The number of carbonyl (C=O) groups excluding carboxylic acids is 1. The van der Waals surface area contributed by atoms with Crippen molar-refractivity contribution in [2.45, 2.75) is 89.9 Å². The highest BCUT2D eigenvalue weighted by Gasteiger charge is 2.66. The number of hydrogen-bond acceptors (Lipinski definition) is 1. The van der Waals surface area contributed by atoms with Crippen molar-refractivity contribution in [2.24, 2.45) is 46.3 Å². The van der Waals surface area contributed by atoms with Crippen molar-refractivity contribution < 1.29 is 4.79 Å². The van der Waals surface area contributed by atoms with E-state index in [9.17, 15) is 4.79 Å². The average Bonchev–Trinajstić information content (AvgIpc) is 3.35. The highest BCUT2D eigenvalue weighted by molar-refractivity contribution is 5.86. The third-order valence-corrected chi connectivity index (χ3v) is 10.5. The monoisotopic (exact) mass is 326 g/mol. The molecule has 132 valence electrons. The molecule has 6 aliphatic rings. The van der Waals surface area contributed by atoms with Crippen LogP contribution < -0.4 is 0 Å². The molecule has 0 aromatic rings. The van der Waals surface area contributed by atoms with Crippen molar-refractivity contribution in [1.82, 2.24) is 0 Å². The number of ketones is 1. The van der Waals surface area contributed by atoms with Gasteiger partial charge in [-0.05, 0) is 98.7 Å². The van der Waals surface area contributed by atoms with Gasteiger partial charge in [0.2, 0.25) is 0 Å². The zero-order chi connectivity index (χ0) is 15.9. The molecule has 6 rings (SSSR count). The van der Waals surface area contributed by atoms with Gasteiger partial charge in [-0.3, -0.25) is 4.79 Å². The van der Waals surface area contributed by atoms with Crippen molar-refractivity contribution in [3.05, 3.63) is 0 Å². The average molecular weight is 327 g/mol. The number of hydrogen-bond donors (Lipinski definition) is 0. The third kappa shape index (κ3) is 1.62. The highest BCUT2D eigenvalue weighted by atomic mass is 16.1. The maximum atomic E-state index is 13.9. The summed E-state index contributed by atoms with van der Waals surface area (Å²) in [7, 11) is 0. The lowest BCUT2D eigenvalue weighted by atomic mass is 9.57. The molecule has 6 aliphatic carbocycles. The van der Waals surface area contributed by atoms with E-state index in [0.717, 1.165) is 29.5 Å². The molecule has 0 aliphatic heterocycles. The van der Waals surface area contributed by atoms with Crippen LogP contribution in [0.5, 0.6) is 0 Å². The van der Waals surface area contributed by atoms with Crippen LogP contribution in [-0.4, -0.2) is 5.78 Å². The van der Waals surface area contributed by atoms with Crippen LogP contribution in [0.1, 0.15) is 89.9 Å². The predicted octanol–water partition coefficient (Wildman–Crippen LogP) is 5.77. The maximum absolute atomic E-state index is 13.9. The summed E-state index contributed by atoms with van der Waals surface area (Å²) in [6.07, 6.45) is 19.7. The summed E-state index contributed by atoms with van der Waals surface area (Å²) < 4.78 is 0. The largest absolute Gasteiger partial charge is 0.299 e. The van der Waals surface area contributed by atoms with E-state index in [1.165, 1.54) is 89.9 Å². The Morgan fingerprint density at radius 2 is 1.12 bits per heavy atom. The Kier molecular flexibility index (Phi) is 3.01. The molecular weight excluding hydrogens is 292 g/mol. The Morgan fingerprint density at radius 1 is 0.625 bits per heavy atom. The molecule has 0 aromatic heterocycles. The molecule has 0 aromatic carbocycles. The van der Waals surface area contributed by atoms with E-state index in [2.05, 4.69) is 0 Å². The van der Waals surface area contributed by atoms with Gasteiger partial charge >= 0.3 is 0 Å². The van der Waals surface area contributed by atoms with Gasteiger partial charge in [0.1, 0.15) is 5.78 Å². The fraction of sp³-hybridized carbons (Fsp3) is 0.957. The molecule has 0 saturated heterocycles. The molecule has 6 saturated carbocycles. The van der Waals surface area contributed by atoms with Crippen molar-refractivity contribution in [2.75, 3.05) is 0 Å². The quantitative estimate of drug-likeness (QED) is 0.629. The summed E-state index contributed by atoms with van der Waals surface area (Å²) in [5.74, 6) is 5.52. The topological polar surface area (TPSA) is 17.1 Å². The molecule has 0 radical (unpaired) electrons. The second kappa shape index (κ2) is 4.89. The molecule has 0 unspecified atom stereocenters. The minimum absolute atomic E-state index is 0.489. The van der Waals surface area contributed by atoms with E-state index >= 15 is 0 Å². The van der Waals surface area contributed by atoms with Crippen LogP contribution in [0.2, 0.25) is 0 Å². The van der Waals surface area contributed by atoms with Crippen molar-refractivity contribution in [1.29, 1.82) is 0 Å². The van der Waals surface area contributed by atoms with Gasteiger partial charge in [-0.25, -0.2) is 0 Å². The van der Waals surface area contributed by atoms with Gasteiger partial charge in [0.05, 0.1) is 0 Å². The normalized spacial score (nSPS) is 57.8. The van der Waals surface area contributed by atoms with Crippen LogP contribution in [0.15, 0.2) is 0 Å². The van der Waals surface area contributed by atoms with Gasteiger partial charge in [-0.15, -0.1) is 0 Å². The van der Waals surface area contributed by atoms with Gasteiger partial charge in [-0.2, -0.15) is 0 Å². The van der Waals surface area contributed by atoms with E-state index in [0.29, 0.717) is 22.7 Å². The molecule has 4 bridgehead atoms. The molecule has 1 nitrogen and oxygen atoms in total. The van der Waals surface area contributed by atoms with Gasteiger partial charge in [0.15, 0.2) is 0 Å². The first-order valence-corrected chi connectivity index (χ1v) is 11.3. The maximum Gasteiger partial charge on any atom is 0.140 e. The molecule has 0 N–H and O–H groups in total. The molecular formula is C23H34O. The fourth-order valence-corrected chi connectivity index (χ4v) is 9.82. The van der Waals surface area contributed by atoms with Crippen molar-refractivity contribution >= 4 is 5.78 Å². The molecule has 0 spiro atoms. The van der Waals surface area contributed by atoms with Crippen molar-refractivity contribution in [3.63, 3.8) is 0 Å². The summed E-state index contributed by atoms with van der Waals surface area (Å²) in [5, 5.41) is 0. The summed E-state index contributed by atoms with van der Waals surface area (Å²) in [4.78, 5) is 13.9. The highest BCUT2D eigenvalue weighted by Crippen LogP contribution is 2.71. The van der Waals surface area contributed by atoms with Crippen LogP contribution in [0.3, 0.4) is 0 Å². The fourth-order valence-electron chi connectivity index (χ4n) is 9.82. The van der Waals surface area contributed by atoms with E-state index in [4.69, 9.17) is 0 Å². The van der Waals surface area contributed by atoms with Crippen LogP contribution in [0.4, 0.5) is 0 Å². The van der Waals surface area contributed by atoms with Gasteiger partial charge in [-0.1, -0.05) is 25.7 Å². The lowest BCUT2D eigenvalue weighted by molar-refractivity contribution is -0.137. The van der Waals surface area contributed by atoms with Crippen molar-refractivity contribution in [3.8, 4) is 0 Å². The Hall–Kier alpha value is -0.330. The predicted molar refractivity (Wildman–Crippen MR) is 95.5 cm³/mol. The molecule has 6 fully saturated rings. The van der Waals surface area contributed by atoms with E-state index in [1.54, 1.807) is 0 Å². The minimum Gasteiger partial charge on any atom is -0.299 e. The molecule has 8 atom stereocenters. The van der Waals surface area contributed by atoms with Gasteiger partial charge in [0.25, 0.3) is 0 Å². The van der Waals surface area contributed by atoms with E-state index < -0.39 is 0 Å². The number of rotatable bonds is 2. The van der Waals surface area contributed by atoms with Crippen LogP contribution >= 0.6 is 0 Å². The minimum atomic E-state index is 0.489. The second-order valence-corrected chi connectivity index (χ2v) is 10.7. The number of carbonyl (C=O) groups is 1. The SMILES string of the molecule is O=C([C@H]1C[C@H]2CC[C@]13CCCC[C@@H]23)[C@@H]1C[C@@H]2CC[C@]13CCCC[C@H]23. The van der Waals surface area contributed by atoms with E-state index in [-0.39, 0.29) is 0 Å².